The van der Waals surface area contributed by atoms with Crippen molar-refractivity contribution >= 4 is 15.9 Å². The maximum Gasteiger partial charge on any atom is 0.128 e. The van der Waals surface area contributed by atoms with Gasteiger partial charge in [0.25, 0.3) is 0 Å². The normalized spacial score (nSPS) is 24.9. The van der Waals surface area contributed by atoms with Crippen LogP contribution in [0.25, 0.3) is 0 Å². The van der Waals surface area contributed by atoms with Crippen molar-refractivity contribution in [1.82, 2.24) is 5.32 Å². The zero-order chi connectivity index (χ0) is 12.3. The van der Waals surface area contributed by atoms with Crippen LogP contribution in [-0.4, -0.2) is 6.04 Å². The Bertz CT molecular complexity index is 380. The van der Waals surface area contributed by atoms with Gasteiger partial charge in [0.1, 0.15) is 5.82 Å². The van der Waals surface area contributed by atoms with E-state index in [1.165, 1.54) is 31.7 Å². The van der Waals surface area contributed by atoms with Gasteiger partial charge in [0.15, 0.2) is 0 Å². The molecule has 2 unspecified atom stereocenters. The second-order valence-electron chi connectivity index (χ2n) is 5.09. The molecular weight excluding hydrogens is 281 g/mol. The van der Waals surface area contributed by atoms with Crippen LogP contribution in [0.5, 0.6) is 0 Å². The van der Waals surface area contributed by atoms with Crippen molar-refractivity contribution in [3.8, 4) is 0 Å². The van der Waals surface area contributed by atoms with Crippen molar-refractivity contribution in [2.75, 3.05) is 0 Å². The first-order valence-electron chi connectivity index (χ1n) is 6.32. The van der Waals surface area contributed by atoms with Gasteiger partial charge in [-0.2, -0.15) is 0 Å². The van der Waals surface area contributed by atoms with Gasteiger partial charge < -0.3 is 5.32 Å². The molecular formula is C14H19BrFN. The van der Waals surface area contributed by atoms with Crippen molar-refractivity contribution < 1.29 is 4.39 Å². The van der Waals surface area contributed by atoms with Crippen LogP contribution in [0.15, 0.2) is 22.7 Å². The fourth-order valence-corrected chi connectivity index (χ4v) is 2.87. The highest BCUT2D eigenvalue weighted by Gasteiger charge is 2.18. The third kappa shape index (κ3) is 3.78. The number of rotatable bonds is 3. The van der Waals surface area contributed by atoms with Gasteiger partial charge in [0.2, 0.25) is 0 Å². The molecule has 0 aromatic heterocycles. The molecule has 3 heteroatoms. The summed E-state index contributed by atoms with van der Waals surface area (Å²) in [5.41, 5.74) is 0.756. The molecule has 94 valence electrons. The molecule has 1 aliphatic carbocycles. The molecule has 1 aromatic rings. The quantitative estimate of drug-likeness (QED) is 0.879. The Kier molecular flexibility index (Phi) is 4.57. The Hall–Kier alpha value is -0.410. The molecule has 0 saturated heterocycles. The molecule has 1 nitrogen and oxygen atoms in total. The van der Waals surface area contributed by atoms with E-state index >= 15 is 0 Å². The van der Waals surface area contributed by atoms with Gasteiger partial charge in [-0.1, -0.05) is 41.8 Å². The van der Waals surface area contributed by atoms with Gasteiger partial charge in [-0.05, 0) is 30.9 Å². The molecule has 1 fully saturated rings. The van der Waals surface area contributed by atoms with E-state index in [0.29, 0.717) is 12.6 Å². The molecule has 1 aromatic carbocycles. The highest BCUT2D eigenvalue weighted by Crippen LogP contribution is 2.24. The molecule has 0 amide bonds. The van der Waals surface area contributed by atoms with E-state index in [1.54, 1.807) is 0 Å². The molecule has 2 rings (SSSR count). The van der Waals surface area contributed by atoms with Crippen LogP contribution in [0.3, 0.4) is 0 Å². The predicted octanol–water partition coefficient (Wildman–Crippen LogP) is 4.26. The van der Waals surface area contributed by atoms with Crippen LogP contribution in [0, 0.1) is 11.7 Å². The average Bonchev–Trinajstić information content (AvgIpc) is 2.28. The third-order valence-electron chi connectivity index (χ3n) is 3.53. The molecule has 1 saturated carbocycles. The molecule has 0 spiro atoms. The van der Waals surface area contributed by atoms with Gasteiger partial charge >= 0.3 is 0 Å². The van der Waals surface area contributed by atoms with Gasteiger partial charge in [-0.3, -0.25) is 0 Å². The highest BCUT2D eigenvalue weighted by molar-refractivity contribution is 9.10. The lowest BCUT2D eigenvalue weighted by atomic mass is 9.87. The largest absolute Gasteiger partial charge is 0.310 e. The van der Waals surface area contributed by atoms with Crippen LogP contribution in [0.4, 0.5) is 4.39 Å². The molecule has 2 atom stereocenters. The van der Waals surface area contributed by atoms with E-state index in [0.717, 1.165) is 16.0 Å². The third-order valence-corrected chi connectivity index (χ3v) is 4.03. The maximum absolute atomic E-state index is 13.6. The van der Waals surface area contributed by atoms with Crippen molar-refractivity contribution in [2.24, 2.45) is 5.92 Å². The number of hydrogen-bond donors (Lipinski definition) is 1. The maximum atomic E-state index is 13.6. The summed E-state index contributed by atoms with van der Waals surface area (Å²) in [6, 6.07) is 5.82. The zero-order valence-electron chi connectivity index (χ0n) is 10.2. The second kappa shape index (κ2) is 5.96. The Morgan fingerprint density at radius 3 is 2.94 bits per heavy atom. The van der Waals surface area contributed by atoms with Gasteiger partial charge in [0, 0.05) is 22.6 Å². The lowest BCUT2D eigenvalue weighted by molar-refractivity contribution is 0.299. The van der Waals surface area contributed by atoms with Crippen molar-refractivity contribution in [2.45, 2.75) is 45.2 Å². The summed E-state index contributed by atoms with van der Waals surface area (Å²) in [4.78, 5) is 0. The number of benzene rings is 1. The molecule has 1 N–H and O–H groups in total. The molecule has 0 bridgehead atoms. The first-order chi connectivity index (χ1) is 8.15. The van der Waals surface area contributed by atoms with E-state index in [-0.39, 0.29) is 5.82 Å². The Balaban J connectivity index is 1.88. The predicted molar refractivity (Wildman–Crippen MR) is 72.4 cm³/mol. The topological polar surface area (TPSA) is 12.0 Å². The zero-order valence-corrected chi connectivity index (χ0v) is 11.8. The van der Waals surface area contributed by atoms with Crippen molar-refractivity contribution in [3.05, 3.63) is 34.1 Å². The lowest BCUT2D eigenvalue weighted by Crippen LogP contribution is -2.33. The average molecular weight is 300 g/mol. The smallest absolute Gasteiger partial charge is 0.128 e. The van der Waals surface area contributed by atoms with Gasteiger partial charge in [-0.25, -0.2) is 4.39 Å². The standard InChI is InChI=1S/C14H19BrFN/c1-10-3-2-4-13(7-10)17-9-11-5-6-12(15)8-14(11)16/h5-6,8,10,13,17H,2-4,7,9H2,1H3. The van der Waals surface area contributed by atoms with Crippen LogP contribution in [-0.2, 0) is 6.54 Å². The van der Waals surface area contributed by atoms with E-state index in [4.69, 9.17) is 0 Å². The Morgan fingerprint density at radius 2 is 2.24 bits per heavy atom. The molecule has 1 aliphatic rings. The minimum Gasteiger partial charge on any atom is -0.310 e. The first-order valence-corrected chi connectivity index (χ1v) is 7.12. The minimum atomic E-state index is -0.129. The Labute approximate surface area is 111 Å². The molecule has 0 radical (unpaired) electrons. The van der Waals surface area contributed by atoms with E-state index in [2.05, 4.69) is 28.2 Å². The van der Waals surface area contributed by atoms with Crippen LogP contribution < -0.4 is 5.32 Å². The molecule has 17 heavy (non-hydrogen) atoms. The SMILES string of the molecule is CC1CCCC(NCc2ccc(Br)cc2F)C1. The summed E-state index contributed by atoms with van der Waals surface area (Å²) in [5.74, 6) is 0.673. The van der Waals surface area contributed by atoms with E-state index < -0.39 is 0 Å². The lowest BCUT2D eigenvalue weighted by Gasteiger charge is -2.27. The van der Waals surface area contributed by atoms with E-state index in [9.17, 15) is 4.39 Å². The van der Waals surface area contributed by atoms with Gasteiger partial charge in [-0.15, -0.1) is 0 Å². The highest BCUT2D eigenvalue weighted by atomic mass is 79.9. The van der Waals surface area contributed by atoms with Crippen LogP contribution >= 0.6 is 15.9 Å². The minimum absolute atomic E-state index is 0.129. The monoisotopic (exact) mass is 299 g/mol. The van der Waals surface area contributed by atoms with Crippen LogP contribution in [0.1, 0.15) is 38.2 Å². The summed E-state index contributed by atoms with van der Waals surface area (Å²) in [6.07, 6.45) is 5.08. The second-order valence-corrected chi connectivity index (χ2v) is 6.00. The fourth-order valence-electron chi connectivity index (χ4n) is 2.54. The molecule has 0 heterocycles. The first kappa shape index (κ1) is 13.0. The Morgan fingerprint density at radius 1 is 1.41 bits per heavy atom. The number of nitrogens with one attached hydrogen (secondary N) is 1. The van der Waals surface area contributed by atoms with Crippen molar-refractivity contribution in [3.63, 3.8) is 0 Å². The summed E-state index contributed by atoms with van der Waals surface area (Å²) >= 11 is 3.27. The van der Waals surface area contributed by atoms with Crippen molar-refractivity contribution in [1.29, 1.82) is 0 Å². The number of hydrogen-bond acceptors (Lipinski definition) is 1. The fraction of sp³-hybridized carbons (Fsp3) is 0.571. The van der Waals surface area contributed by atoms with E-state index in [1.807, 2.05) is 12.1 Å². The number of halogens is 2. The summed E-state index contributed by atoms with van der Waals surface area (Å²) in [6.45, 7) is 2.94. The molecule has 0 aliphatic heterocycles. The summed E-state index contributed by atoms with van der Waals surface area (Å²) in [5, 5.41) is 3.47. The van der Waals surface area contributed by atoms with Crippen LogP contribution in [0.2, 0.25) is 0 Å². The summed E-state index contributed by atoms with van der Waals surface area (Å²) < 4.78 is 14.4. The summed E-state index contributed by atoms with van der Waals surface area (Å²) in [7, 11) is 0. The van der Waals surface area contributed by atoms with Gasteiger partial charge in [0.05, 0.1) is 0 Å².